The fourth-order valence-electron chi connectivity index (χ4n) is 3.32. The monoisotopic (exact) mass is 325 g/mol. The lowest BCUT2D eigenvalue weighted by Gasteiger charge is -2.14. The molecule has 1 aromatic carbocycles. The first-order valence-electron chi connectivity index (χ1n) is 8.11. The zero-order chi connectivity index (χ0) is 16.5. The number of amides is 2. The Morgan fingerprint density at radius 3 is 3.08 bits per heavy atom. The Labute approximate surface area is 138 Å². The summed E-state index contributed by atoms with van der Waals surface area (Å²) in [5, 5.41) is 13.7. The highest BCUT2D eigenvalue weighted by molar-refractivity contribution is 6.00. The van der Waals surface area contributed by atoms with Gasteiger partial charge in [-0.3, -0.25) is 5.10 Å². The molecule has 2 heterocycles. The molecular weight excluding hydrogens is 306 g/mol. The van der Waals surface area contributed by atoms with Crippen LogP contribution in [-0.4, -0.2) is 27.3 Å². The molecule has 0 bridgehead atoms. The molecule has 0 saturated heterocycles. The number of fused-ring (bicyclic) bond motifs is 1. The Morgan fingerprint density at radius 1 is 1.33 bits per heavy atom. The number of carbonyl (C=O) groups is 1. The van der Waals surface area contributed by atoms with E-state index in [2.05, 4.69) is 25.8 Å². The Balaban J connectivity index is 1.37. The summed E-state index contributed by atoms with van der Waals surface area (Å²) in [5.74, 6) is 1.88. The molecule has 7 nitrogen and oxygen atoms in total. The molecule has 1 aliphatic carbocycles. The fraction of sp³-hybridized carbons (Fsp3) is 0.353. The number of rotatable bonds is 3. The maximum absolute atomic E-state index is 12.3. The smallest absolute Gasteiger partial charge is 0.319 e. The third kappa shape index (κ3) is 2.84. The molecule has 7 heteroatoms. The molecule has 2 atom stereocenters. The van der Waals surface area contributed by atoms with E-state index in [-0.39, 0.29) is 18.0 Å². The Hall–Kier alpha value is -2.83. The highest BCUT2D eigenvalue weighted by atomic mass is 16.4. The summed E-state index contributed by atoms with van der Waals surface area (Å²) < 4.78 is 5.61. The van der Waals surface area contributed by atoms with Crippen molar-refractivity contribution in [3.63, 3.8) is 0 Å². The maximum atomic E-state index is 12.3. The molecule has 3 N–H and O–H groups in total. The standard InChI is InChI=1S/C17H19N5O2/c1-10-8-18-16(24-10)11-5-6-12(7-11)20-17(23)21-14-3-2-4-15-13(14)9-19-22-15/h2-4,8-9,11-12H,5-7H2,1H3,(H,19,22)(H2,20,21,23)/t11-,12+/m1/s1. The van der Waals surface area contributed by atoms with Gasteiger partial charge in [0.1, 0.15) is 5.76 Å². The average Bonchev–Trinajstić information content (AvgIpc) is 3.27. The van der Waals surface area contributed by atoms with Gasteiger partial charge < -0.3 is 15.1 Å². The maximum Gasteiger partial charge on any atom is 0.319 e. The van der Waals surface area contributed by atoms with Crippen molar-refractivity contribution < 1.29 is 9.21 Å². The lowest BCUT2D eigenvalue weighted by atomic mass is 10.1. The SMILES string of the molecule is Cc1cnc([C@@H]2CC[C@H](NC(=O)Nc3cccc4[nH]ncc34)C2)o1. The summed E-state index contributed by atoms with van der Waals surface area (Å²) in [6, 6.07) is 5.60. The van der Waals surface area contributed by atoms with E-state index >= 15 is 0 Å². The molecule has 1 aliphatic rings. The second-order valence-electron chi connectivity index (χ2n) is 6.25. The predicted molar refractivity (Wildman–Crippen MR) is 89.9 cm³/mol. The first kappa shape index (κ1) is 14.7. The number of nitrogens with one attached hydrogen (secondary N) is 3. The largest absolute Gasteiger partial charge is 0.446 e. The molecular formula is C17H19N5O2. The summed E-state index contributed by atoms with van der Waals surface area (Å²) in [5.41, 5.74) is 1.64. The van der Waals surface area contributed by atoms with Gasteiger partial charge in [0.05, 0.1) is 23.6 Å². The van der Waals surface area contributed by atoms with Gasteiger partial charge in [-0.25, -0.2) is 9.78 Å². The highest BCUT2D eigenvalue weighted by Gasteiger charge is 2.30. The molecule has 1 saturated carbocycles. The molecule has 0 spiro atoms. The number of urea groups is 1. The van der Waals surface area contributed by atoms with E-state index in [4.69, 9.17) is 4.42 Å². The fourth-order valence-corrected chi connectivity index (χ4v) is 3.32. The lowest BCUT2D eigenvalue weighted by molar-refractivity contribution is 0.248. The molecule has 2 amide bonds. The van der Waals surface area contributed by atoms with Crippen molar-refractivity contribution in [1.29, 1.82) is 0 Å². The highest BCUT2D eigenvalue weighted by Crippen LogP contribution is 2.34. The van der Waals surface area contributed by atoms with Crippen molar-refractivity contribution in [2.24, 2.45) is 0 Å². The van der Waals surface area contributed by atoms with Crippen molar-refractivity contribution in [2.45, 2.75) is 38.1 Å². The molecule has 4 rings (SSSR count). The summed E-state index contributed by atoms with van der Waals surface area (Å²) in [6.45, 7) is 1.89. The van der Waals surface area contributed by atoms with Crippen LogP contribution < -0.4 is 10.6 Å². The molecule has 0 aliphatic heterocycles. The molecule has 1 fully saturated rings. The molecule has 0 radical (unpaired) electrons. The number of benzene rings is 1. The lowest BCUT2D eigenvalue weighted by Crippen LogP contribution is -2.36. The van der Waals surface area contributed by atoms with Crippen LogP contribution in [-0.2, 0) is 0 Å². The first-order chi connectivity index (χ1) is 11.7. The minimum absolute atomic E-state index is 0.130. The zero-order valence-electron chi connectivity index (χ0n) is 13.4. The second kappa shape index (κ2) is 5.99. The number of oxazole rings is 1. The van der Waals surface area contributed by atoms with Crippen molar-refractivity contribution >= 4 is 22.6 Å². The number of aromatic amines is 1. The number of anilines is 1. The molecule has 0 unspecified atom stereocenters. The molecule has 24 heavy (non-hydrogen) atoms. The van der Waals surface area contributed by atoms with Crippen LogP contribution in [0, 0.1) is 6.92 Å². The van der Waals surface area contributed by atoms with E-state index in [1.165, 1.54) is 0 Å². The van der Waals surface area contributed by atoms with Gasteiger partial charge in [0.15, 0.2) is 5.89 Å². The van der Waals surface area contributed by atoms with E-state index < -0.39 is 0 Å². The number of hydrogen-bond donors (Lipinski definition) is 3. The van der Waals surface area contributed by atoms with Gasteiger partial charge in [0, 0.05) is 17.3 Å². The van der Waals surface area contributed by atoms with Crippen LogP contribution >= 0.6 is 0 Å². The van der Waals surface area contributed by atoms with Crippen LogP contribution in [0.2, 0.25) is 0 Å². The van der Waals surface area contributed by atoms with Crippen molar-refractivity contribution in [3.8, 4) is 0 Å². The normalized spacial score (nSPS) is 20.4. The Bertz CT molecular complexity index is 869. The summed E-state index contributed by atoms with van der Waals surface area (Å²) in [4.78, 5) is 16.6. The first-order valence-corrected chi connectivity index (χ1v) is 8.11. The summed E-state index contributed by atoms with van der Waals surface area (Å²) >= 11 is 0. The summed E-state index contributed by atoms with van der Waals surface area (Å²) in [6.07, 6.45) is 6.21. The van der Waals surface area contributed by atoms with E-state index in [0.717, 1.165) is 47.5 Å². The average molecular weight is 325 g/mol. The third-order valence-electron chi connectivity index (χ3n) is 4.49. The Morgan fingerprint density at radius 2 is 2.25 bits per heavy atom. The molecule has 3 aromatic rings. The van der Waals surface area contributed by atoms with Crippen LogP contribution in [0.15, 0.2) is 35.0 Å². The van der Waals surface area contributed by atoms with Gasteiger partial charge in [0.25, 0.3) is 0 Å². The van der Waals surface area contributed by atoms with Crippen LogP contribution in [0.4, 0.5) is 10.5 Å². The van der Waals surface area contributed by atoms with Crippen LogP contribution in [0.5, 0.6) is 0 Å². The van der Waals surface area contributed by atoms with Gasteiger partial charge in [-0.05, 0) is 38.3 Å². The minimum atomic E-state index is -0.196. The molecule has 124 valence electrons. The van der Waals surface area contributed by atoms with Crippen molar-refractivity contribution in [1.82, 2.24) is 20.5 Å². The van der Waals surface area contributed by atoms with E-state index in [9.17, 15) is 4.79 Å². The number of carbonyl (C=O) groups excluding carboxylic acids is 1. The number of hydrogen-bond acceptors (Lipinski definition) is 4. The number of H-pyrrole nitrogens is 1. The van der Waals surface area contributed by atoms with E-state index in [0.29, 0.717) is 0 Å². The second-order valence-corrected chi connectivity index (χ2v) is 6.25. The van der Waals surface area contributed by atoms with Crippen LogP contribution in [0.1, 0.15) is 36.8 Å². The number of aromatic nitrogens is 3. The van der Waals surface area contributed by atoms with Gasteiger partial charge in [-0.15, -0.1) is 0 Å². The number of nitrogens with zero attached hydrogens (tertiary/aromatic N) is 2. The van der Waals surface area contributed by atoms with Crippen molar-refractivity contribution in [3.05, 3.63) is 42.2 Å². The quantitative estimate of drug-likeness (QED) is 0.688. The minimum Gasteiger partial charge on any atom is -0.446 e. The number of aryl methyl sites for hydroxylation is 1. The topological polar surface area (TPSA) is 95.8 Å². The van der Waals surface area contributed by atoms with Gasteiger partial charge in [-0.2, -0.15) is 5.10 Å². The summed E-state index contributed by atoms with van der Waals surface area (Å²) in [7, 11) is 0. The van der Waals surface area contributed by atoms with E-state index in [1.807, 2.05) is 25.1 Å². The van der Waals surface area contributed by atoms with Gasteiger partial charge >= 0.3 is 6.03 Å². The van der Waals surface area contributed by atoms with Gasteiger partial charge in [0.2, 0.25) is 0 Å². The zero-order valence-corrected chi connectivity index (χ0v) is 13.4. The van der Waals surface area contributed by atoms with Crippen LogP contribution in [0.3, 0.4) is 0 Å². The van der Waals surface area contributed by atoms with Crippen molar-refractivity contribution in [2.75, 3.05) is 5.32 Å². The van der Waals surface area contributed by atoms with Crippen LogP contribution in [0.25, 0.3) is 10.9 Å². The van der Waals surface area contributed by atoms with E-state index in [1.54, 1.807) is 12.4 Å². The van der Waals surface area contributed by atoms with Gasteiger partial charge in [-0.1, -0.05) is 6.07 Å². The molecule has 2 aromatic heterocycles. The Kier molecular flexibility index (Phi) is 3.68. The predicted octanol–water partition coefficient (Wildman–Crippen LogP) is 3.32. The third-order valence-corrected chi connectivity index (χ3v) is 4.49.